The fourth-order valence-electron chi connectivity index (χ4n) is 3.01. The van der Waals surface area contributed by atoms with Crippen LogP contribution in [0.2, 0.25) is 0 Å². The molecule has 7 heteroatoms. The Labute approximate surface area is 157 Å². The van der Waals surface area contributed by atoms with Gasteiger partial charge in [-0.15, -0.1) is 11.3 Å². The van der Waals surface area contributed by atoms with E-state index in [0.29, 0.717) is 11.4 Å². The lowest BCUT2D eigenvalue weighted by atomic mass is 10.2. The Hall–Kier alpha value is -2.38. The number of carbonyl (C=O) groups is 2. The van der Waals surface area contributed by atoms with Crippen molar-refractivity contribution in [2.45, 2.75) is 31.9 Å². The number of nitrogens with one attached hydrogen (secondary N) is 2. The van der Waals surface area contributed by atoms with Gasteiger partial charge in [-0.3, -0.25) is 4.79 Å². The van der Waals surface area contributed by atoms with Crippen LogP contribution in [0.15, 0.2) is 41.8 Å². The lowest BCUT2D eigenvalue weighted by Crippen LogP contribution is -2.34. The molecular weight excluding hydrogens is 350 g/mol. The number of amides is 3. The van der Waals surface area contributed by atoms with Crippen molar-refractivity contribution in [3.05, 3.63) is 46.7 Å². The Bertz CT molecular complexity index is 763. The molecule has 1 aliphatic heterocycles. The third-order valence-electron chi connectivity index (χ3n) is 4.49. The smallest absolute Gasteiger partial charge is 0.322 e. The molecule has 2 heterocycles. The summed E-state index contributed by atoms with van der Waals surface area (Å²) in [6.07, 6.45) is 1.45. The van der Waals surface area contributed by atoms with E-state index in [1.807, 2.05) is 22.4 Å². The molecule has 26 heavy (non-hydrogen) atoms. The fraction of sp³-hybridized carbons (Fsp3) is 0.368. The number of nitrogens with zero attached hydrogens (tertiary/aromatic N) is 1. The lowest BCUT2D eigenvalue weighted by molar-refractivity contribution is -0.124. The standard InChI is InChI=1S/C19H23N3O3S/c1-13(25-2)18(23)20-14-6-3-7-15(12-14)21-19(24)22-10-4-8-16(22)17-9-5-11-26-17/h3,5-7,9,11-13,16H,4,8,10H2,1-2H3,(H,20,23)(H,21,24)/t13-,16-/m1/s1. The minimum absolute atomic E-state index is 0.116. The highest BCUT2D eigenvalue weighted by molar-refractivity contribution is 7.10. The van der Waals surface area contributed by atoms with E-state index in [4.69, 9.17) is 4.74 Å². The number of rotatable bonds is 5. The van der Waals surface area contributed by atoms with Crippen molar-refractivity contribution < 1.29 is 14.3 Å². The second-order valence-corrected chi connectivity index (χ2v) is 7.22. The van der Waals surface area contributed by atoms with Crippen molar-refractivity contribution in [3.63, 3.8) is 0 Å². The quantitative estimate of drug-likeness (QED) is 0.829. The first-order chi connectivity index (χ1) is 12.6. The van der Waals surface area contributed by atoms with Crippen LogP contribution >= 0.6 is 11.3 Å². The zero-order valence-corrected chi connectivity index (χ0v) is 15.7. The molecule has 0 aliphatic carbocycles. The van der Waals surface area contributed by atoms with Gasteiger partial charge < -0.3 is 20.3 Å². The Balaban J connectivity index is 1.66. The summed E-state index contributed by atoms with van der Waals surface area (Å²) in [7, 11) is 1.49. The van der Waals surface area contributed by atoms with Crippen molar-refractivity contribution in [2.75, 3.05) is 24.3 Å². The van der Waals surface area contributed by atoms with Crippen LogP contribution in [0.3, 0.4) is 0 Å². The highest BCUT2D eigenvalue weighted by Crippen LogP contribution is 2.34. The number of urea groups is 1. The van der Waals surface area contributed by atoms with Gasteiger partial charge in [-0.05, 0) is 49.4 Å². The van der Waals surface area contributed by atoms with Crippen LogP contribution in [0.4, 0.5) is 16.2 Å². The van der Waals surface area contributed by atoms with E-state index >= 15 is 0 Å². The van der Waals surface area contributed by atoms with E-state index in [-0.39, 0.29) is 18.0 Å². The molecule has 1 aromatic heterocycles. The van der Waals surface area contributed by atoms with Crippen LogP contribution in [0.1, 0.15) is 30.7 Å². The first-order valence-corrected chi connectivity index (χ1v) is 9.51. The first-order valence-electron chi connectivity index (χ1n) is 8.63. The van der Waals surface area contributed by atoms with Gasteiger partial charge in [0, 0.05) is 29.9 Å². The minimum Gasteiger partial charge on any atom is -0.372 e. The summed E-state index contributed by atoms with van der Waals surface area (Å²) in [5.41, 5.74) is 1.27. The minimum atomic E-state index is -0.538. The summed E-state index contributed by atoms with van der Waals surface area (Å²) in [5, 5.41) is 7.76. The van der Waals surface area contributed by atoms with Crippen LogP contribution in [0.5, 0.6) is 0 Å². The second kappa shape index (κ2) is 8.33. The van der Waals surface area contributed by atoms with Gasteiger partial charge in [0.15, 0.2) is 0 Å². The summed E-state index contributed by atoms with van der Waals surface area (Å²) in [6.45, 7) is 2.43. The van der Waals surface area contributed by atoms with E-state index in [1.165, 1.54) is 12.0 Å². The van der Waals surface area contributed by atoms with Gasteiger partial charge in [0.25, 0.3) is 5.91 Å². The molecule has 0 radical (unpaired) electrons. The van der Waals surface area contributed by atoms with Crippen molar-refractivity contribution in [3.8, 4) is 0 Å². The number of hydrogen-bond donors (Lipinski definition) is 2. The van der Waals surface area contributed by atoms with E-state index in [2.05, 4.69) is 16.7 Å². The van der Waals surface area contributed by atoms with Crippen LogP contribution < -0.4 is 10.6 Å². The summed E-state index contributed by atoms with van der Waals surface area (Å²) in [6, 6.07) is 11.2. The van der Waals surface area contributed by atoms with Crippen LogP contribution in [-0.4, -0.2) is 36.6 Å². The third kappa shape index (κ3) is 4.23. The zero-order chi connectivity index (χ0) is 18.5. The molecule has 1 aromatic carbocycles. The molecule has 1 fully saturated rings. The molecule has 0 spiro atoms. The maximum atomic E-state index is 12.7. The first kappa shape index (κ1) is 18.4. The van der Waals surface area contributed by atoms with Gasteiger partial charge in [-0.1, -0.05) is 12.1 Å². The number of anilines is 2. The number of ether oxygens (including phenoxy) is 1. The molecule has 2 N–H and O–H groups in total. The molecule has 0 bridgehead atoms. The summed E-state index contributed by atoms with van der Waals surface area (Å²) >= 11 is 1.68. The number of benzene rings is 1. The molecule has 3 rings (SSSR count). The van der Waals surface area contributed by atoms with E-state index in [0.717, 1.165) is 19.4 Å². The van der Waals surface area contributed by atoms with E-state index < -0.39 is 6.10 Å². The Morgan fingerprint density at radius 1 is 1.23 bits per heavy atom. The number of carbonyl (C=O) groups excluding carboxylic acids is 2. The topological polar surface area (TPSA) is 70.7 Å². The maximum absolute atomic E-state index is 12.7. The largest absolute Gasteiger partial charge is 0.372 e. The van der Waals surface area contributed by atoms with Gasteiger partial charge in [0.2, 0.25) is 0 Å². The van der Waals surface area contributed by atoms with Gasteiger partial charge in [0.1, 0.15) is 6.10 Å². The van der Waals surface area contributed by atoms with Gasteiger partial charge in [-0.2, -0.15) is 0 Å². The molecule has 2 aromatic rings. The monoisotopic (exact) mass is 373 g/mol. The maximum Gasteiger partial charge on any atom is 0.322 e. The van der Waals surface area contributed by atoms with Gasteiger partial charge >= 0.3 is 6.03 Å². The SMILES string of the molecule is CO[C@H](C)C(=O)Nc1cccc(NC(=O)N2CCC[C@@H]2c2cccs2)c1. The molecule has 2 atom stereocenters. The molecule has 0 unspecified atom stereocenters. The number of hydrogen-bond acceptors (Lipinski definition) is 4. The summed E-state index contributed by atoms with van der Waals surface area (Å²) < 4.78 is 5.01. The van der Waals surface area contributed by atoms with Crippen LogP contribution in [-0.2, 0) is 9.53 Å². The Kier molecular flexibility index (Phi) is 5.90. The van der Waals surface area contributed by atoms with Gasteiger partial charge in [0.05, 0.1) is 6.04 Å². The molecule has 1 saturated heterocycles. The lowest BCUT2D eigenvalue weighted by Gasteiger charge is -2.24. The summed E-state index contributed by atoms with van der Waals surface area (Å²) in [5.74, 6) is -0.228. The van der Waals surface area contributed by atoms with Crippen molar-refractivity contribution >= 4 is 34.6 Å². The molecular formula is C19H23N3O3S. The van der Waals surface area contributed by atoms with Gasteiger partial charge in [-0.25, -0.2) is 4.79 Å². The normalized spacial score (nSPS) is 17.8. The predicted molar refractivity (Wildman–Crippen MR) is 104 cm³/mol. The fourth-order valence-corrected chi connectivity index (χ4v) is 3.88. The molecule has 3 amide bonds. The predicted octanol–water partition coefficient (Wildman–Crippen LogP) is 4.09. The van der Waals surface area contributed by atoms with Crippen molar-refractivity contribution in [2.24, 2.45) is 0 Å². The highest BCUT2D eigenvalue weighted by atomic mass is 32.1. The average molecular weight is 373 g/mol. The Morgan fingerprint density at radius 2 is 2.00 bits per heavy atom. The number of likely N-dealkylation sites (tertiary alicyclic amines) is 1. The average Bonchev–Trinajstić information content (AvgIpc) is 3.32. The van der Waals surface area contributed by atoms with E-state index in [1.54, 1.807) is 36.5 Å². The summed E-state index contributed by atoms with van der Waals surface area (Å²) in [4.78, 5) is 27.7. The van der Waals surface area contributed by atoms with Crippen LogP contribution in [0.25, 0.3) is 0 Å². The molecule has 6 nitrogen and oxygen atoms in total. The zero-order valence-electron chi connectivity index (χ0n) is 14.9. The van der Waals surface area contributed by atoms with Crippen molar-refractivity contribution in [1.29, 1.82) is 0 Å². The number of thiophene rings is 1. The molecule has 0 saturated carbocycles. The highest BCUT2D eigenvalue weighted by Gasteiger charge is 2.30. The van der Waals surface area contributed by atoms with Crippen molar-refractivity contribution in [1.82, 2.24) is 4.90 Å². The number of methoxy groups -OCH3 is 1. The second-order valence-electron chi connectivity index (χ2n) is 6.24. The molecule has 1 aliphatic rings. The van der Waals surface area contributed by atoms with Crippen LogP contribution in [0, 0.1) is 0 Å². The molecule has 138 valence electrons. The third-order valence-corrected chi connectivity index (χ3v) is 5.46. The Morgan fingerprint density at radius 3 is 2.69 bits per heavy atom. The van der Waals surface area contributed by atoms with E-state index in [9.17, 15) is 9.59 Å².